The van der Waals surface area contributed by atoms with Crippen molar-refractivity contribution in [1.82, 2.24) is 13.9 Å². The Labute approximate surface area is 157 Å². The van der Waals surface area contributed by atoms with Crippen molar-refractivity contribution >= 4 is 27.7 Å². The minimum Gasteiger partial charge on any atom is -0.344 e. The molecule has 2 aliphatic heterocycles. The molecule has 2 heterocycles. The smallest absolute Gasteiger partial charge is 0.280 e. The normalized spacial score (nSPS) is 23.8. The molecule has 2 saturated heterocycles. The molecule has 0 saturated carbocycles. The SMILES string of the molecule is Cc1cc(NC(=O)[C@H]2CCN(S(=O)(=O)NC3CCN(C)C3=O)C2)ccc1F. The second-order valence-electron chi connectivity index (χ2n) is 7.02. The van der Waals surface area contributed by atoms with Crippen LogP contribution in [0.1, 0.15) is 18.4 Å². The summed E-state index contributed by atoms with van der Waals surface area (Å²) >= 11 is 0. The van der Waals surface area contributed by atoms with Gasteiger partial charge in [0.05, 0.1) is 5.92 Å². The van der Waals surface area contributed by atoms with E-state index in [9.17, 15) is 22.4 Å². The summed E-state index contributed by atoms with van der Waals surface area (Å²) in [7, 11) is -2.22. The van der Waals surface area contributed by atoms with E-state index >= 15 is 0 Å². The molecule has 2 atom stereocenters. The van der Waals surface area contributed by atoms with Crippen LogP contribution in [0.5, 0.6) is 0 Å². The van der Waals surface area contributed by atoms with Gasteiger partial charge in [0.25, 0.3) is 10.2 Å². The molecular weight excluding hydrogens is 375 g/mol. The first-order valence-corrected chi connectivity index (χ1v) is 10.2. The third-order valence-corrected chi connectivity index (χ3v) is 6.60. The lowest BCUT2D eigenvalue weighted by atomic mass is 10.1. The molecule has 0 aromatic heterocycles. The first kappa shape index (κ1) is 19.7. The highest BCUT2D eigenvalue weighted by atomic mass is 32.2. The topological polar surface area (TPSA) is 98.8 Å². The number of aryl methyl sites for hydroxylation is 1. The molecule has 3 rings (SSSR count). The van der Waals surface area contributed by atoms with Crippen LogP contribution in [0.25, 0.3) is 0 Å². The number of likely N-dealkylation sites (N-methyl/N-ethyl adjacent to an activating group) is 1. The van der Waals surface area contributed by atoms with Gasteiger partial charge in [-0.3, -0.25) is 9.59 Å². The summed E-state index contributed by atoms with van der Waals surface area (Å²) in [5.41, 5.74) is 0.886. The van der Waals surface area contributed by atoms with Crippen LogP contribution >= 0.6 is 0 Å². The van der Waals surface area contributed by atoms with Crippen molar-refractivity contribution in [2.75, 3.05) is 32.0 Å². The quantitative estimate of drug-likeness (QED) is 0.753. The van der Waals surface area contributed by atoms with E-state index in [1.165, 1.54) is 27.4 Å². The zero-order valence-corrected chi connectivity index (χ0v) is 16.1. The van der Waals surface area contributed by atoms with Crippen molar-refractivity contribution in [3.8, 4) is 0 Å². The lowest BCUT2D eigenvalue weighted by Crippen LogP contribution is -2.47. The van der Waals surface area contributed by atoms with Crippen LogP contribution in [0.2, 0.25) is 0 Å². The summed E-state index contributed by atoms with van der Waals surface area (Å²) in [5.74, 6) is -1.42. The Hall–Kier alpha value is -2.04. The molecule has 0 bridgehead atoms. The molecule has 1 unspecified atom stereocenters. The Kier molecular flexibility index (Phi) is 5.50. The molecule has 0 radical (unpaired) electrons. The molecule has 0 spiro atoms. The molecule has 2 fully saturated rings. The van der Waals surface area contributed by atoms with Gasteiger partial charge in [-0.25, -0.2) is 4.39 Å². The summed E-state index contributed by atoms with van der Waals surface area (Å²) in [5, 5.41) is 2.70. The van der Waals surface area contributed by atoms with Gasteiger partial charge in [0.1, 0.15) is 11.9 Å². The van der Waals surface area contributed by atoms with Crippen LogP contribution in [-0.4, -0.2) is 62.2 Å². The minimum absolute atomic E-state index is 0.0398. The fourth-order valence-corrected chi connectivity index (χ4v) is 4.76. The maximum Gasteiger partial charge on any atom is 0.280 e. The van der Waals surface area contributed by atoms with Gasteiger partial charge < -0.3 is 10.2 Å². The van der Waals surface area contributed by atoms with Crippen LogP contribution < -0.4 is 10.0 Å². The predicted octanol–water partition coefficient (Wildman–Crippen LogP) is 0.460. The first-order chi connectivity index (χ1) is 12.7. The van der Waals surface area contributed by atoms with Crippen LogP contribution in [0, 0.1) is 18.7 Å². The molecule has 8 nitrogen and oxygen atoms in total. The van der Waals surface area contributed by atoms with Gasteiger partial charge in [0.2, 0.25) is 11.8 Å². The average Bonchev–Trinajstić information content (AvgIpc) is 3.22. The number of amides is 2. The number of carbonyl (C=O) groups is 2. The molecule has 2 N–H and O–H groups in total. The van der Waals surface area contributed by atoms with Crippen molar-refractivity contribution in [2.24, 2.45) is 5.92 Å². The number of anilines is 1. The first-order valence-electron chi connectivity index (χ1n) is 8.77. The third kappa shape index (κ3) is 4.28. The molecule has 1 aromatic carbocycles. The number of hydrogen-bond acceptors (Lipinski definition) is 4. The highest BCUT2D eigenvalue weighted by molar-refractivity contribution is 7.87. The van der Waals surface area contributed by atoms with Gasteiger partial charge in [-0.15, -0.1) is 0 Å². The van der Waals surface area contributed by atoms with Crippen LogP contribution in [0.3, 0.4) is 0 Å². The van der Waals surface area contributed by atoms with Crippen LogP contribution in [-0.2, 0) is 19.8 Å². The molecule has 0 aliphatic carbocycles. The summed E-state index contributed by atoms with van der Waals surface area (Å²) in [6, 6.07) is 3.51. The van der Waals surface area contributed by atoms with Gasteiger partial charge in [0.15, 0.2) is 0 Å². The number of likely N-dealkylation sites (tertiary alicyclic amines) is 1. The highest BCUT2D eigenvalue weighted by Gasteiger charge is 2.39. The second kappa shape index (κ2) is 7.53. The summed E-state index contributed by atoms with van der Waals surface area (Å²) in [6.07, 6.45) is 0.807. The lowest BCUT2D eigenvalue weighted by Gasteiger charge is -2.19. The number of nitrogens with zero attached hydrogens (tertiary/aromatic N) is 2. The van der Waals surface area contributed by atoms with Crippen molar-refractivity contribution in [1.29, 1.82) is 0 Å². The summed E-state index contributed by atoms with van der Waals surface area (Å²) < 4.78 is 42.0. The Morgan fingerprint density at radius 2 is 2.00 bits per heavy atom. The molecule has 148 valence electrons. The molecule has 1 aromatic rings. The van der Waals surface area contributed by atoms with Crippen molar-refractivity contribution < 1.29 is 22.4 Å². The monoisotopic (exact) mass is 398 g/mol. The number of nitrogens with one attached hydrogen (secondary N) is 2. The molecule has 27 heavy (non-hydrogen) atoms. The fraction of sp³-hybridized carbons (Fsp3) is 0.529. The van der Waals surface area contributed by atoms with E-state index in [2.05, 4.69) is 10.0 Å². The minimum atomic E-state index is -3.85. The Bertz CT molecular complexity index is 860. The molecule has 2 amide bonds. The maximum atomic E-state index is 13.3. The van der Waals surface area contributed by atoms with Crippen LogP contribution in [0.4, 0.5) is 10.1 Å². The van der Waals surface area contributed by atoms with Crippen molar-refractivity contribution in [3.63, 3.8) is 0 Å². The van der Waals surface area contributed by atoms with E-state index in [-0.39, 0.29) is 30.7 Å². The summed E-state index contributed by atoms with van der Waals surface area (Å²) in [6.45, 7) is 2.35. The van der Waals surface area contributed by atoms with E-state index in [1.54, 1.807) is 14.0 Å². The van der Waals surface area contributed by atoms with E-state index in [1.807, 2.05) is 0 Å². The predicted molar refractivity (Wildman–Crippen MR) is 97.5 cm³/mol. The molecule has 2 aliphatic rings. The van der Waals surface area contributed by atoms with Gasteiger partial charge in [-0.2, -0.15) is 17.4 Å². The van der Waals surface area contributed by atoms with E-state index < -0.39 is 22.2 Å². The number of hydrogen-bond donors (Lipinski definition) is 2. The standard InChI is InChI=1S/C17H23FN4O4S/c1-11-9-13(3-4-14(11)18)19-16(23)12-5-8-22(10-12)27(25,26)20-15-6-7-21(2)17(15)24/h3-4,9,12,15,20H,5-8,10H2,1-2H3,(H,19,23)/t12-,15?/m0/s1. The highest BCUT2D eigenvalue weighted by Crippen LogP contribution is 2.22. The zero-order valence-electron chi connectivity index (χ0n) is 15.2. The number of halogens is 1. The third-order valence-electron chi connectivity index (χ3n) is 5.01. The van der Waals surface area contributed by atoms with Crippen LogP contribution in [0.15, 0.2) is 18.2 Å². The number of benzene rings is 1. The van der Waals surface area contributed by atoms with Gasteiger partial charge in [-0.05, 0) is 43.5 Å². The molecular formula is C17H23FN4O4S. The average molecular weight is 398 g/mol. The van der Waals surface area contributed by atoms with E-state index in [4.69, 9.17) is 0 Å². The van der Waals surface area contributed by atoms with E-state index in [0.717, 1.165) is 0 Å². The zero-order chi connectivity index (χ0) is 19.8. The van der Waals surface area contributed by atoms with Crippen molar-refractivity contribution in [3.05, 3.63) is 29.6 Å². The lowest BCUT2D eigenvalue weighted by molar-refractivity contribution is -0.128. The number of rotatable bonds is 5. The Morgan fingerprint density at radius 1 is 1.26 bits per heavy atom. The Balaban J connectivity index is 1.59. The maximum absolute atomic E-state index is 13.3. The van der Waals surface area contributed by atoms with Gasteiger partial charge >= 0.3 is 0 Å². The second-order valence-corrected chi connectivity index (χ2v) is 8.72. The van der Waals surface area contributed by atoms with E-state index in [0.29, 0.717) is 30.6 Å². The van der Waals surface area contributed by atoms with Crippen molar-refractivity contribution in [2.45, 2.75) is 25.8 Å². The number of carbonyl (C=O) groups excluding carboxylic acids is 2. The largest absolute Gasteiger partial charge is 0.344 e. The Morgan fingerprint density at radius 3 is 2.63 bits per heavy atom. The summed E-state index contributed by atoms with van der Waals surface area (Å²) in [4.78, 5) is 25.8. The molecule has 10 heteroatoms. The fourth-order valence-electron chi connectivity index (χ4n) is 3.31. The van der Waals surface area contributed by atoms with Gasteiger partial charge in [-0.1, -0.05) is 0 Å². The van der Waals surface area contributed by atoms with Gasteiger partial charge in [0, 0.05) is 32.4 Å².